The Morgan fingerprint density at radius 2 is 1.82 bits per heavy atom. The van der Waals surface area contributed by atoms with Crippen molar-refractivity contribution in [3.05, 3.63) is 42.0 Å². The summed E-state index contributed by atoms with van der Waals surface area (Å²) in [5.41, 5.74) is 1.32. The van der Waals surface area contributed by atoms with E-state index in [-0.39, 0.29) is 11.7 Å². The highest BCUT2D eigenvalue weighted by atomic mass is 16.6. The fourth-order valence-corrected chi connectivity index (χ4v) is 3.98. The summed E-state index contributed by atoms with van der Waals surface area (Å²) in [7, 11) is 0. The third kappa shape index (κ3) is 6.10. The van der Waals surface area contributed by atoms with Gasteiger partial charge in [0.15, 0.2) is 0 Å². The molecule has 1 saturated heterocycles. The number of benzene rings is 1. The van der Waals surface area contributed by atoms with Gasteiger partial charge in [0.25, 0.3) is 0 Å². The molecule has 2 saturated carbocycles. The first-order valence-electron chi connectivity index (χ1n) is 10.7. The summed E-state index contributed by atoms with van der Waals surface area (Å²) in [6.45, 7) is 9.67. The van der Waals surface area contributed by atoms with Gasteiger partial charge in [0.1, 0.15) is 5.60 Å². The van der Waals surface area contributed by atoms with Crippen LogP contribution < -0.4 is 5.32 Å². The Labute approximate surface area is 170 Å². The van der Waals surface area contributed by atoms with Crippen molar-refractivity contribution >= 4 is 12.2 Å². The van der Waals surface area contributed by atoms with Gasteiger partial charge in [-0.05, 0) is 58.4 Å². The summed E-state index contributed by atoms with van der Waals surface area (Å²) in [6, 6.07) is 11.8. The first-order chi connectivity index (χ1) is 13.3. The van der Waals surface area contributed by atoms with Crippen LogP contribution in [-0.2, 0) is 4.74 Å². The number of nitrogens with one attached hydrogen (secondary N) is 1. The molecule has 3 aliphatic rings. The van der Waals surface area contributed by atoms with Crippen LogP contribution in [0.2, 0.25) is 0 Å². The molecule has 154 valence electrons. The summed E-state index contributed by atoms with van der Waals surface area (Å²) < 4.78 is 5.38. The molecule has 1 heterocycles. The van der Waals surface area contributed by atoms with Gasteiger partial charge in [-0.1, -0.05) is 49.4 Å². The van der Waals surface area contributed by atoms with E-state index in [0.29, 0.717) is 11.5 Å². The second-order valence-corrected chi connectivity index (χ2v) is 9.60. The van der Waals surface area contributed by atoms with Crippen molar-refractivity contribution in [2.24, 2.45) is 5.41 Å². The predicted molar refractivity (Wildman–Crippen MR) is 115 cm³/mol. The van der Waals surface area contributed by atoms with Gasteiger partial charge in [-0.25, -0.2) is 4.79 Å². The largest absolute Gasteiger partial charge is 0.444 e. The van der Waals surface area contributed by atoms with Crippen molar-refractivity contribution in [2.75, 3.05) is 13.1 Å². The van der Waals surface area contributed by atoms with Gasteiger partial charge in [-0.3, -0.25) is 0 Å². The lowest BCUT2D eigenvalue weighted by Gasteiger charge is -2.58. The maximum Gasteiger partial charge on any atom is 0.410 e. The summed E-state index contributed by atoms with van der Waals surface area (Å²) >= 11 is 0. The lowest BCUT2D eigenvalue weighted by molar-refractivity contribution is -0.0830. The monoisotopic (exact) mass is 384 g/mol. The number of amides is 1. The highest BCUT2D eigenvalue weighted by Gasteiger charge is 2.54. The molecule has 4 nitrogen and oxygen atoms in total. The highest BCUT2D eigenvalue weighted by Crippen LogP contribution is 2.49. The average molecular weight is 385 g/mol. The zero-order valence-electron chi connectivity index (χ0n) is 17.9. The standard InChI is InChI=1S/C14H24N2O2.C10H12/c1-13(2,3)18-12(17)16-8-14(9-16)6-11(7-14)15-10-4-5-10;1-2-3-7-10-8-5-4-6-9-10/h10-11,15H,4-9H2,1-3H3;3-9H,2H2,1H3/b;7-3-. The molecule has 0 radical (unpaired) electrons. The summed E-state index contributed by atoms with van der Waals surface area (Å²) in [4.78, 5) is 13.7. The van der Waals surface area contributed by atoms with Crippen LogP contribution in [0.3, 0.4) is 0 Å². The Kier molecular flexibility index (Phi) is 6.49. The highest BCUT2D eigenvalue weighted by molar-refractivity contribution is 5.69. The predicted octanol–water partition coefficient (Wildman–Crippen LogP) is 5.25. The Hall–Kier alpha value is -1.81. The minimum Gasteiger partial charge on any atom is -0.444 e. The molecular formula is C24H36N2O2. The van der Waals surface area contributed by atoms with Gasteiger partial charge in [-0.2, -0.15) is 0 Å². The van der Waals surface area contributed by atoms with Crippen molar-refractivity contribution in [3.63, 3.8) is 0 Å². The van der Waals surface area contributed by atoms with Crippen molar-refractivity contribution in [1.82, 2.24) is 10.2 Å². The smallest absolute Gasteiger partial charge is 0.410 e. The molecule has 0 atom stereocenters. The maximum atomic E-state index is 11.8. The molecule has 1 aliphatic heterocycles. The molecule has 4 heteroatoms. The summed E-state index contributed by atoms with van der Waals surface area (Å²) in [5, 5.41) is 3.66. The van der Waals surface area contributed by atoms with E-state index in [1.54, 1.807) is 0 Å². The van der Waals surface area contributed by atoms with E-state index in [0.717, 1.165) is 25.6 Å². The SMILES string of the molecule is CC(C)(C)OC(=O)N1CC2(CC(NC3CC3)C2)C1.CC/C=C\c1ccccc1. The van der Waals surface area contributed by atoms with Gasteiger partial charge >= 0.3 is 6.09 Å². The van der Waals surface area contributed by atoms with E-state index in [9.17, 15) is 4.79 Å². The molecule has 1 amide bonds. The Bertz CT molecular complexity index is 660. The van der Waals surface area contributed by atoms with E-state index in [4.69, 9.17) is 4.74 Å². The van der Waals surface area contributed by atoms with Crippen LogP contribution in [0, 0.1) is 5.41 Å². The van der Waals surface area contributed by atoms with Crippen molar-refractivity contribution < 1.29 is 9.53 Å². The average Bonchev–Trinajstić information content (AvgIpc) is 3.38. The van der Waals surface area contributed by atoms with Gasteiger partial charge in [0.2, 0.25) is 0 Å². The first kappa shape index (κ1) is 20.9. The van der Waals surface area contributed by atoms with Gasteiger partial charge in [0, 0.05) is 30.6 Å². The van der Waals surface area contributed by atoms with Crippen LogP contribution in [-0.4, -0.2) is 41.8 Å². The normalized spacial score (nSPS) is 20.9. The van der Waals surface area contributed by atoms with E-state index in [1.807, 2.05) is 31.7 Å². The third-order valence-corrected chi connectivity index (χ3v) is 5.46. The van der Waals surface area contributed by atoms with Crippen LogP contribution in [0.25, 0.3) is 6.08 Å². The third-order valence-electron chi connectivity index (χ3n) is 5.46. The van der Waals surface area contributed by atoms with Crippen LogP contribution >= 0.6 is 0 Å². The van der Waals surface area contributed by atoms with E-state index >= 15 is 0 Å². The van der Waals surface area contributed by atoms with Gasteiger partial charge in [0.05, 0.1) is 0 Å². The van der Waals surface area contributed by atoms with Crippen LogP contribution in [0.1, 0.15) is 65.4 Å². The van der Waals surface area contributed by atoms with Crippen molar-refractivity contribution in [3.8, 4) is 0 Å². The molecule has 28 heavy (non-hydrogen) atoms. The number of carbonyl (C=O) groups is 1. The summed E-state index contributed by atoms with van der Waals surface area (Å²) in [6.07, 6.45) is 10.4. The van der Waals surface area contributed by atoms with Crippen LogP contribution in [0.4, 0.5) is 4.79 Å². The molecule has 4 rings (SSSR count). The molecule has 0 bridgehead atoms. The topological polar surface area (TPSA) is 41.6 Å². The number of rotatable bonds is 4. The fraction of sp³-hybridized carbons (Fsp3) is 0.625. The fourth-order valence-electron chi connectivity index (χ4n) is 3.98. The molecular weight excluding hydrogens is 348 g/mol. The number of likely N-dealkylation sites (tertiary alicyclic amines) is 1. The number of allylic oxidation sites excluding steroid dienone is 1. The number of hydrogen-bond donors (Lipinski definition) is 1. The molecule has 0 aromatic heterocycles. The minimum absolute atomic E-state index is 0.147. The maximum absolute atomic E-state index is 11.8. The van der Waals surface area contributed by atoms with Gasteiger partial charge < -0.3 is 15.0 Å². The molecule has 0 unspecified atom stereocenters. The lowest BCUT2D eigenvalue weighted by atomic mass is 9.61. The van der Waals surface area contributed by atoms with E-state index < -0.39 is 0 Å². The number of ether oxygens (including phenoxy) is 1. The zero-order valence-corrected chi connectivity index (χ0v) is 17.9. The molecule has 1 aromatic rings. The number of hydrogen-bond acceptors (Lipinski definition) is 3. The second kappa shape index (κ2) is 8.69. The van der Waals surface area contributed by atoms with Crippen molar-refractivity contribution in [1.29, 1.82) is 0 Å². The van der Waals surface area contributed by atoms with Crippen LogP contribution in [0.15, 0.2) is 36.4 Å². The molecule has 1 aromatic carbocycles. The van der Waals surface area contributed by atoms with E-state index in [1.165, 1.54) is 31.2 Å². The molecule has 1 spiro atoms. The minimum atomic E-state index is -0.379. The Morgan fingerprint density at radius 1 is 1.18 bits per heavy atom. The van der Waals surface area contributed by atoms with Crippen LogP contribution in [0.5, 0.6) is 0 Å². The quantitative estimate of drug-likeness (QED) is 0.771. The number of nitrogens with zero attached hydrogens (tertiary/aromatic N) is 1. The summed E-state index contributed by atoms with van der Waals surface area (Å²) in [5.74, 6) is 0. The Morgan fingerprint density at radius 3 is 2.36 bits per heavy atom. The number of carbonyl (C=O) groups excluding carboxylic acids is 1. The molecule has 2 aliphatic carbocycles. The molecule has 1 N–H and O–H groups in total. The lowest BCUT2D eigenvalue weighted by Crippen LogP contribution is -2.67. The first-order valence-corrected chi connectivity index (χ1v) is 10.7. The Balaban J connectivity index is 0.000000192. The second-order valence-electron chi connectivity index (χ2n) is 9.60. The van der Waals surface area contributed by atoms with E-state index in [2.05, 4.69) is 48.7 Å². The van der Waals surface area contributed by atoms with Crippen molar-refractivity contribution in [2.45, 2.75) is 77.5 Å². The van der Waals surface area contributed by atoms with Gasteiger partial charge in [-0.15, -0.1) is 0 Å². The molecule has 3 fully saturated rings. The zero-order chi connectivity index (χ0) is 20.2.